The molecule has 144 valence electrons. The lowest BCUT2D eigenvalue weighted by molar-refractivity contribution is 0.306. The first-order chi connectivity index (χ1) is 14.1. The number of halogens is 1. The molecule has 0 aliphatic carbocycles. The van der Waals surface area contributed by atoms with E-state index >= 15 is 0 Å². The zero-order valence-corrected chi connectivity index (χ0v) is 16.0. The summed E-state index contributed by atoms with van der Waals surface area (Å²) in [7, 11) is 0. The number of nitrogens with zero attached hydrogens (tertiary/aromatic N) is 2. The fraction of sp³-hybridized carbons (Fsp3) is 0.0455. The molecule has 0 saturated heterocycles. The number of nitrogens with one attached hydrogen (secondary N) is 1. The highest BCUT2D eigenvalue weighted by Crippen LogP contribution is 2.19. The minimum atomic E-state index is -0.601. The van der Waals surface area contributed by atoms with Crippen molar-refractivity contribution in [3.63, 3.8) is 0 Å². The van der Waals surface area contributed by atoms with Crippen LogP contribution in [0, 0.1) is 0 Å². The molecular formula is C22H16ClN3O3. The normalized spacial score (nSPS) is 11.2. The monoisotopic (exact) mass is 405 g/mol. The van der Waals surface area contributed by atoms with Gasteiger partial charge in [0.25, 0.3) is 5.56 Å². The summed E-state index contributed by atoms with van der Waals surface area (Å²) in [6, 6.07) is 21.4. The van der Waals surface area contributed by atoms with Crippen LogP contribution in [0.1, 0.15) is 11.1 Å². The molecule has 6 nitrogen and oxygen atoms in total. The Bertz CT molecular complexity index is 1320. The Hall–Kier alpha value is -3.64. The van der Waals surface area contributed by atoms with E-state index in [-0.39, 0.29) is 0 Å². The molecule has 0 amide bonds. The molecule has 4 rings (SSSR count). The van der Waals surface area contributed by atoms with Gasteiger partial charge in [0.2, 0.25) is 0 Å². The third-order valence-electron chi connectivity index (χ3n) is 4.32. The summed E-state index contributed by atoms with van der Waals surface area (Å²) in [5.41, 5.74) is 0.954. The van der Waals surface area contributed by atoms with E-state index in [1.807, 2.05) is 30.3 Å². The molecule has 7 heteroatoms. The highest BCUT2D eigenvalue weighted by atomic mass is 35.5. The van der Waals surface area contributed by atoms with Crippen LogP contribution in [0.4, 0.5) is 0 Å². The van der Waals surface area contributed by atoms with E-state index < -0.39 is 11.2 Å². The number of para-hydroxylation sites is 1. The molecule has 29 heavy (non-hydrogen) atoms. The molecular weight excluding hydrogens is 390 g/mol. The van der Waals surface area contributed by atoms with Gasteiger partial charge in [-0.1, -0.05) is 54.1 Å². The molecule has 0 aliphatic heterocycles. The molecule has 1 heterocycles. The maximum absolute atomic E-state index is 12.5. The SMILES string of the molecule is O=c1[nH]c2ccccc2c(=O)n1N=Cc1cccc(OCc2ccccc2Cl)c1. The van der Waals surface area contributed by atoms with Gasteiger partial charge < -0.3 is 9.72 Å². The lowest BCUT2D eigenvalue weighted by atomic mass is 10.2. The van der Waals surface area contributed by atoms with Gasteiger partial charge in [0.1, 0.15) is 12.4 Å². The second kappa shape index (κ2) is 8.16. The smallest absolute Gasteiger partial charge is 0.349 e. The molecule has 0 saturated carbocycles. The van der Waals surface area contributed by atoms with E-state index in [0.29, 0.717) is 33.8 Å². The second-order valence-corrected chi connectivity index (χ2v) is 6.70. The highest BCUT2D eigenvalue weighted by molar-refractivity contribution is 6.31. The first-order valence-corrected chi connectivity index (χ1v) is 9.24. The summed E-state index contributed by atoms with van der Waals surface area (Å²) >= 11 is 6.14. The Balaban J connectivity index is 1.58. The zero-order valence-electron chi connectivity index (χ0n) is 15.2. The standard InChI is InChI=1S/C22H16ClN3O3/c23-19-10-3-1-7-16(19)14-29-17-8-5-6-15(12-17)13-24-26-21(27)18-9-2-4-11-20(18)25-22(26)28/h1-13H,14H2,(H,25,28). The van der Waals surface area contributed by atoms with Crippen LogP contribution in [0.5, 0.6) is 5.75 Å². The zero-order chi connectivity index (χ0) is 20.2. The quantitative estimate of drug-likeness (QED) is 0.513. The van der Waals surface area contributed by atoms with Crippen LogP contribution in [0.2, 0.25) is 5.02 Å². The Labute approximate surface area is 170 Å². The first kappa shape index (κ1) is 18.7. The van der Waals surface area contributed by atoms with Crippen molar-refractivity contribution in [2.24, 2.45) is 5.10 Å². The topological polar surface area (TPSA) is 76.5 Å². The van der Waals surface area contributed by atoms with Crippen LogP contribution in [0.15, 0.2) is 87.5 Å². The van der Waals surface area contributed by atoms with E-state index in [9.17, 15) is 9.59 Å². The van der Waals surface area contributed by atoms with Gasteiger partial charge in [0.15, 0.2) is 0 Å². The van der Waals surface area contributed by atoms with Gasteiger partial charge in [-0.25, -0.2) is 4.79 Å². The van der Waals surface area contributed by atoms with Gasteiger partial charge in [0.05, 0.1) is 17.1 Å². The maximum atomic E-state index is 12.5. The van der Waals surface area contributed by atoms with Crippen molar-refractivity contribution in [1.29, 1.82) is 0 Å². The fourth-order valence-electron chi connectivity index (χ4n) is 2.84. The number of aromatic amines is 1. The first-order valence-electron chi connectivity index (χ1n) is 8.86. The van der Waals surface area contributed by atoms with Gasteiger partial charge in [-0.15, -0.1) is 4.68 Å². The van der Waals surface area contributed by atoms with Crippen LogP contribution < -0.4 is 16.0 Å². The van der Waals surface area contributed by atoms with Crippen LogP contribution in [-0.4, -0.2) is 15.9 Å². The number of hydrogen-bond acceptors (Lipinski definition) is 4. The van der Waals surface area contributed by atoms with Gasteiger partial charge in [-0.05, 0) is 35.9 Å². The Morgan fingerprint density at radius 2 is 1.79 bits per heavy atom. The Morgan fingerprint density at radius 3 is 2.66 bits per heavy atom. The van der Waals surface area contributed by atoms with Crippen molar-refractivity contribution >= 4 is 28.7 Å². The van der Waals surface area contributed by atoms with Crippen molar-refractivity contribution in [2.45, 2.75) is 6.61 Å². The summed E-state index contributed by atoms with van der Waals surface area (Å²) in [6.07, 6.45) is 1.44. The molecule has 0 unspecified atom stereocenters. The van der Waals surface area contributed by atoms with Gasteiger partial charge in [-0.2, -0.15) is 5.10 Å². The molecule has 0 aliphatic rings. The predicted molar refractivity (Wildman–Crippen MR) is 114 cm³/mol. The van der Waals surface area contributed by atoms with Crippen molar-refractivity contribution < 1.29 is 4.74 Å². The number of hydrogen-bond donors (Lipinski definition) is 1. The highest BCUT2D eigenvalue weighted by Gasteiger charge is 2.06. The lowest BCUT2D eigenvalue weighted by Crippen LogP contribution is -2.32. The number of aromatic nitrogens is 2. The molecule has 0 bridgehead atoms. The van der Waals surface area contributed by atoms with E-state index in [1.165, 1.54) is 6.21 Å². The molecule has 0 atom stereocenters. The van der Waals surface area contributed by atoms with E-state index in [0.717, 1.165) is 10.2 Å². The second-order valence-electron chi connectivity index (χ2n) is 6.29. The summed E-state index contributed by atoms with van der Waals surface area (Å²) < 4.78 is 6.59. The van der Waals surface area contributed by atoms with Crippen molar-refractivity contribution in [3.05, 3.63) is 110 Å². The molecule has 4 aromatic rings. The van der Waals surface area contributed by atoms with Crippen LogP contribution in [-0.2, 0) is 6.61 Å². The molecule has 1 N–H and O–H groups in total. The van der Waals surface area contributed by atoms with Crippen LogP contribution in [0.3, 0.4) is 0 Å². The van der Waals surface area contributed by atoms with Crippen molar-refractivity contribution in [2.75, 3.05) is 0 Å². The molecule has 0 spiro atoms. The van der Waals surface area contributed by atoms with Gasteiger partial charge in [0, 0.05) is 10.6 Å². The average molecular weight is 406 g/mol. The number of H-pyrrole nitrogens is 1. The van der Waals surface area contributed by atoms with Crippen molar-refractivity contribution in [3.8, 4) is 5.75 Å². The average Bonchev–Trinajstić information content (AvgIpc) is 2.73. The van der Waals surface area contributed by atoms with E-state index in [1.54, 1.807) is 42.5 Å². The summed E-state index contributed by atoms with van der Waals surface area (Å²) in [5.74, 6) is 0.619. The third kappa shape index (κ3) is 4.12. The number of benzene rings is 3. The van der Waals surface area contributed by atoms with Gasteiger partial charge in [-0.3, -0.25) is 4.79 Å². The third-order valence-corrected chi connectivity index (χ3v) is 4.69. The number of ether oxygens (including phenoxy) is 1. The molecule has 1 aromatic heterocycles. The number of rotatable bonds is 5. The van der Waals surface area contributed by atoms with Crippen LogP contribution in [0.25, 0.3) is 10.9 Å². The van der Waals surface area contributed by atoms with E-state index in [2.05, 4.69) is 10.1 Å². The minimum Gasteiger partial charge on any atom is -0.489 e. The summed E-state index contributed by atoms with van der Waals surface area (Å²) in [5, 5.41) is 5.09. The largest absolute Gasteiger partial charge is 0.489 e. The summed E-state index contributed by atoms with van der Waals surface area (Å²) in [4.78, 5) is 27.4. The predicted octanol–water partition coefficient (Wildman–Crippen LogP) is 3.80. The minimum absolute atomic E-state index is 0.323. The lowest BCUT2D eigenvalue weighted by Gasteiger charge is -2.08. The van der Waals surface area contributed by atoms with E-state index in [4.69, 9.17) is 16.3 Å². The Morgan fingerprint density at radius 1 is 1.00 bits per heavy atom. The van der Waals surface area contributed by atoms with Gasteiger partial charge >= 0.3 is 5.69 Å². The number of fused-ring (bicyclic) bond motifs is 1. The molecule has 0 fully saturated rings. The molecule has 0 radical (unpaired) electrons. The Kier molecular flexibility index (Phi) is 5.27. The van der Waals surface area contributed by atoms with Crippen LogP contribution >= 0.6 is 11.6 Å². The van der Waals surface area contributed by atoms with Crippen molar-refractivity contribution in [1.82, 2.24) is 9.66 Å². The maximum Gasteiger partial charge on any atom is 0.349 e. The molecule has 3 aromatic carbocycles. The summed E-state index contributed by atoms with van der Waals surface area (Å²) in [6.45, 7) is 0.323. The fourth-order valence-corrected chi connectivity index (χ4v) is 3.03.